The Labute approximate surface area is 97.6 Å². The molecule has 0 atom stereocenters. The van der Waals surface area contributed by atoms with Gasteiger partial charge in [-0.05, 0) is 35.6 Å². The highest BCUT2D eigenvalue weighted by Gasteiger charge is 2.21. The lowest BCUT2D eigenvalue weighted by Gasteiger charge is -2.28. The second-order valence-electron chi connectivity index (χ2n) is 5.50. The molecule has 0 saturated carbocycles. The van der Waals surface area contributed by atoms with Gasteiger partial charge >= 0.3 is 0 Å². The molecule has 0 radical (unpaired) electrons. The van der Waals surface area contributed by atoms with E-state index in [-0.39, 0.29) is 11.5 Å². The van der Waals surface area contributed by atoms with Crippen LogP contribution in [0.15, 0.2) is 18.2 Å². The second-order valence-corrected chi connectivity index (χ2v) is 5.50. The maximum atomic E-state index is 5.77. The number of rotatable bonds is 2. The van der Waals surface area contributed by atoms with Crippen LogP contribution in [0.25, 0.3) is 0 Å². The molecule has 0 aliphatic carbocycles. The number of aryl methyl sites for hydroxylation is 1. The molecule has 1 fully saturated rings. The van der Waals surface area contributed by atoms with Crippen LogP contribution in [0.3, 0.4) is 0 Å². The van der Waals surface area contributed by atoms with Gasteiger partial charge in [0.05, 0.1) is 13.2 Å². The predicted octanol–water partition coefficient (Wildman–Crippen LogP) is 3.07. The van der Waals surface area contributed by atoms with Gasteiger partial charge in [-0.2, -0.15) is 0 Å². The summed E-state index contributed by atoms with van der Waals surface area (Å²) in [6.45, 7) is 10.3. The van der Waals surface area contributed by atoms with E-state index in [0.29, 0.717) is 0 Å². The van der Waals surface area contributed by atoms with Gasteiger partial charge in [-0.1, -0.05) is 26.8 Å². The SMILES string of the molecule is Cc1cc(OC2COC2)ccc1C(C)(C)C. The van der Waals surface area contributed by atoms with Gasteiger partial charge in [0.15, 0.2) is 0 Å². The fourth-order valence-electron chi connectivity index (χ4n) is 2.03. The van der Waals surface area contributed by atoms with Crippen LogP contribution in [0.1, 0.15) is 31.9 Å². The molecule has 0 spiro atoms. The van der Waals surface area contributed by atoms with Crippen molar-refractivity contribution in [2.45, 2.75) is 39.2 Å². The van der Waals surface area contributed by atoms with E-state index in [1.165, 1.54) is 11.1 Å². The highest BCUT2D eigenvalue weighted by molar-refractivity contribution is 5.38. The summed E-state index contributed by atoms with van der Waals surface area (Å²) in [6, 6.07) is 6.36. The summed E-state index contributed by atoms with van der Waals surface area (Å²) in [5.74, 6) is 0.957. The van der Waals surface area contributed by atoms with Gasteiger partial charge in [0.1, 0.15) is 11.9 Å². The lowest BCUT2D eigenvalue weighted by Crippen LogP contribution is -2.38. The highest BCUT2D eigenvalue weighted by atomic mass is 16.6. The molecule has 0 unspecified atom stereocenters. The Kier molecular flexibility index (Phi) is 2.94. The van der Waals surface area contributed by atoms with E-state index in [1.807, 2.05) is 0 Å². The zero-order valence-electron chi connectivity index (χ0n) is 10.5. The lowest BCUT2D eigenvalue weighted by molar-refractivity contribution is -0.0797. The quantitative estimate of drug-likeness (QED) is 0.762. The van der Waals surface area contributed by atoms with Crippen LogP contribution in [0.4, 0.5) is 0 Å². The molecular formula is C14H20O2. The van der Waals surface area contributed by atoms with Crippen molar-refractivity contribution in [1.82, 2.24) is 0 Å². The predicted molar refractivity (Wildman–Crippen MR) is 65.1 cm³/mol. The van der Waals surface area contributed by atoms with Crippen LogP contribution in [0.2, 0.25) is 0 Å². The fraction of sp³-hybridized carbons (Fsp3) is 0.571. The van der Waals surface area contributed by atoms with Crippen molar-refractivity contribution in [3.8, 4) is 5.75 Å². The number of hydrogen-bond acceptors (Lipinski definition) is 2. The summed E-state index contributed by atoms with van der Waals surface area (Å²) >= 11 is 0. The summed E-state index contributed by atoms with van der Waals surface area (Å²) in [6.07, 6.45) is 0.250. The van der Waals surface area contributed by atoms with Crippen LogP contribution in [-0.4, -0.2) is 19.3 Å². The van der Waals surface area contributed by atoms with E-state index in [4.69, 9.17) is 9.47 Å². The molecule has 1 aliphatic heterocycles. The number of benzene rings is 1. The monoisotopic (exact) mass is 220 g/mol. The molecule has 2 heteroatoms. The average Bonchev–Trinajstić information content (AvgIpc) is 2.09. The minimum absolute atomic E-state index is 0.197. The van der Waals surface area contributed by atoms with Gasteiger partial charge in [0.2, 0.25) is 0 Å². The van der Waals surface area contributed by atoms with Crippen LogP contribution < -0.4 is 4.74 Å². The van der Waals surface area contributed by atoms with E-state index < -0.39 is 0 Å². The van der Waals surface area contributed by atoms with Gasteiger partial charge in [-0.25, -0.2) is 0 Å². The summed E-state index contributed by atoms with van der Waals surface area (Å²) < 4.78 is 10.9. The molecule has 16 heavy (non-hydrogen) atoms. The van der Waals surface area contributed by atoms with Crippen LogP contribution in [0, 0.1) is 6.92 Å². The van der Waals surface area contributed by atoms with Crippen molar-refractivity contribution in [1.29, 1.82) is 0 Å². The normalized spacial score (nSPS) is 17.0. The fourth-order valence-corrected chi connectivity index (χ4v) is 2.03. The standard InChI is InChI=1S/C14H20O2/c1-10-7-11(16-12-8-15-9-12)5-6-13(10)14(2,3)4/h5-7,12H,8-9H2,1-4H3. The Balaban J connectivity index is 2.15. The number of hydrogen-bond donors (Lipinski definition) is 0. The van der Waals surface area contributed by atoms with Crippen LogP contribution in [0.5, 0.6) is 5.75 Å². The molecule has 0 amide bonds. The molecule has 88 valence electrons. The molecule has 2 nitrogen and oxygen atoms in total. The van der Waals surface area contributed by atoms with Gasteiger partial charge in [-0.3, -0.25) is 0 Å². The molecule has 0 aromatic heterocycles. The van der Waals surface area contributed by atoms with Gasteiger partial charge in [-0.15, -0.1) is 0 Å². The number of ether oxygens (including phenoxy) is 2. The summed E-state index contributed by atoms with van der Waals surface area (Å²) in [7, 11) is 0. The lowest BCUT2D eigenvalue weighted by atomic mass is 9.84. The molecular weight excluding hydrogens is 200 g/mol. The summed E-state index contributed by atoms with van der Waals surface area (Å²) in [5.41, 5.74) is 2.87. The first kappa shape index (κ1) is 11.5. The Hall–Kier alpha value is -1.02. The van der Waals surface area contributed by atoms with Gasteiger partial charge in [0.25, 0.3) is 0 Å². The Morgan fingerprint density at radius 2 is 1.94 bits per heavy atom. The van der Waals surface area contributed by atoms with Gasteiger partial charge < -0.3 is 9.47 Å². The average molecular weight is 220 g/mol. The van der Waals surface area contributed by atoms with Crippen molar-refractivity contribution in [2.24, 2.45) is 0 Å². The van der Waals surface area contributed by atoms with E-state index in [9.17, 15) is 0 Å². The molecule has 2 rings (SSSR count). The first-order chi connectivity index (χ1) is 7.47. The van der Waals surface area contributed by atoms with Crippen molar-refractivity contribution < 1.29 is 9.47 Å². The van der Waals surface area contributed by atoms with E-state index in [2.05, 4.69) is 45.9 Å². The topological polar surface area (TPSA) is 18.5 Å². The largest absolute Gasteiger partial charge is 0.486 e. The maximum Gasteiger partial charge on any atom is 0.145 e. The van der Waals surface area contributed by atoms with Crippen LogP contribution in [-0.2, 0) is 10.2 Å². The Bertz CT molecular complexity index is 373. The van der Waals surface area contributed by atoms with Crippen molar-refractivity contribution >= 4 is 0 Å². The van der Waals surface area contributed by atoms with Crippen molar-refractivity contribution in [3.63, 3.8) is 0 Å². The first-order valence-electron chi connectivity index (χ1n) is 5.82. The summed E-state index contributed by atoms with van der Waals surface area (Å²) in [4.78, 5) is 0. The smallest absolute Gasteiger partial charge is 0.145 e. The first-order valence-corrected chi connectivity index (χ1v) is 5.82. The minimum Gasteiger partial charge on any atom is -0.486 e. The van der Waals surface area contributed by atoms with E-state index in [1.54, 1.807) is 0 Å². The van der Waals surface area contributed by atoms with E-state index >= 15 is 0 Å². The third kappa shape index (κ3) is 2.38. The molecule has 0 N–H and O–H groups in total. The third-order valence-electron chi connectivity index (χ3n) is 2.92. The minimum atomic E-state index is 0.197. The highest BCUT2D eigenvalue weighted by Crippen LogP contribution is 2.28. The maximum absolute atomic E-state index is 5.77. The molecule has 1 aliphatic rings. The molecule has 1 aromatic carbocycles. The Morgan fingerprint density at radius 1 is 1.25 bits per heavy atom. The zero-order valence-corrected chi connectivity index (χ0v) is 10.5. The molecule has 1 heterocycles. The molecule has 1 saturated heterocycles. The van der Waals surface area contributed by atoms with Crippen molar-refractivity contribution in [3.05, 3.63) is 29.3 Å². The van der Waals surface area contributed by atoms with E-state index in [0.717, 1.165) is 19.0 Å². The van der Waals surface area contributed by atoms with Crippen molar-refractivity contribution in [2.75, 3.05) is 13.2 Å². The molecule has 0 bridgehead atoms. The van der Waals surface area contributed by atoms with Gasteiger partial charge in [0, 0.05) is 0 Å². The Morgan fingerprint density at radius 3 is 2.38 bits per heavy atom. The van der Waals surface area contributed by atoms with Crippen LogP contribution >= 0.6 is 0 Å². The molecule has 1 aromatic rings. The summed E-state index contributed by atoms with van der Waals surface area (Å²) in [5, 5.41) is 0. The second kappa shape index (κ2) is 4.10. The third-order valence-corrected chi connectivity index (χ3v) is 2.92. The zero-order chi connectivity index (χ0) is 11.8.